The highest BCUT2D eigenvalue weighted by Gasteiger charge is 2.02. The van der Waals surface area contributed by atoms with Crippen LogP contribution in [0, 0.1) is 0 Å². The number of nitrogens with zero attached hydrogens (tertiary/aromatic N) is 3. The first kappa shape index (κ1) is 9.86. The van der Waals surface area contributed by atoms with Crippen LogP contribution in [0.3, 0.4) is 0 Å². The lowest BCUT2D eigenvalue weighted by Crippen LogP contribution is -2.00. The lowest BCUT2D eigenvalue weighted by atomic mass is 10.2. The molecular weight excluding hydrogens is 214 g/mol. The Balaban J connectivity index is 2.35. The van der Waals surface area contributed by atoms with Gasteiger partial charge < -0.3 is 0 Å². The van der Waals surface area contributed by atoms with E-state index in [2.05, 4.69) is 10.1 Å². The summed E-state index contributed by atoms with van der Waals surface area (Å²) in [5.41, 5.74) is 0.581. The Morgan fingerprint density at radius 3 is 2.67 bits per heavy atom. The van der Waals surface area contributed by atoms with Crippen LogP contribution < -0.4 is 0 Å². The lowest BCUT2D eigenvalue weighted by Gasteiger charge is -2.00. The van der Waals surface area contributed by atoms with Crippen LogP contribution in [0.2, 0.25) is 5.02 Å². The summed E-state index contributed by atoms with van der Waals surface area (Å²) in [5, 5.41) is 4.55. The summed E-state index contributed by atoms with van der Waals surface area (Å²) in [6, 6.07) is 3.43. The van der Waals surface area contributed by atoms with Crippen molar-refractivity contribution in [1.82, 2.24) is 14.8 Å². The minimum atomic E-state index is -0.00690. The van der Waals surface area contributed by atoms with Gasteiger partial charge in [0, 0.05) is 11.8 Å². The van der Waals surface area contributed by atoms with E-state index in [0.29, 0.717) is 16.4 Å². The molecule has 0 aliphatic rings. The molecule has 0 saturated carbocycles. The molecule has 0 aliphatic heterocycles. The third-order valence-electron chi connectivity index (χ3n) is 1.94. The molecule has 0 unspecified atom stereocenters. The minimum Gasteiger partial charge on any atom is -0.294 e. The molecule has 0 amide bonds. The predicted molar refractivity (Wildman–Crippen MR) is 56.4 cm³/mol. The van der Waals surface area contributed by atoms with E-state index in [0.717, 1.165) is 0 Å². The van der Waals surface area contributed by atoms with Crippen LogP contribution in [-0.4, -0.2) is 20.5 Å². The fourth-order valence-corrected chi connectivity index (χ4v) is 1.29. The summed E-state index contributed by atoms with van der Waals surface area (Å²) in [6.07, 6.45) is 4.70. The Morgan fingerprint density at radius 2 is 2.20 bits per heavy atom. The number of hydrogen-bond acceptors (Lipinski definition) is 3. The summed E-state index contributed by atoms with van der Waals surface area (Å²) < 4.78 is 1.55. The molecule has 0 aromatic carbocycles. The molecule has 76 valence electrons. The number of rotatable bonds is 2. The molecule has 4 nitrogen and oxygen atoms in total. The first-order valence-electron chi connectivity index (χ1n) is 4.34. The first-order valence-corrected chi connectivity index (χ1v) is 4.72. The zero-order chi connectivity index (χ0) is 10.8. The molecule has 2 heterocycles. The summed E-state index contributed by atoms with van der Waals surface area (Å²) in [7, 11) is 0. The van der Waals surface area contributed by atoms with E-state index in [-0.39, 0.29) is 5.78 Å². The molecule has 2 aromatic heterocycles. The third kappa shape index (κ3) is 2.05. The van der Waals surface area contributed by atoms with E-state index in [9.17, 15) is 4.79 Å². The molecule has 15 heavy (non-hydrogen) atoms. The molecule has 0 N–H and O–H groups in total. The zero-order valence-corrected chi connectivity index (χ0v) is 8.77. The van der Waals surface area contributed by atoms with Gasteiger partial charge in [0.05, 0.1) is 17.4 Å². The van der Waals surface area contributed by atoms with Gasteiger partial charge in [0.1, 0.15) is 0 Å². The fourth-order valence-electron chi connectivity index (χ4n) is 1.16. The number of hydrogen-bond donors (Lipinski definition) is 0. The Labute approximate surface area is 91.5 Å². The number of ketones is 1. The number of halogens is 1. The maximum atomic E-state index is 11.0. The van der Waals surface area contributed by atoms with Crippen LogP contribution in [0.1, 0.15) is 17.3 Å². The number of carbonyl (C=O) groups is 1. The van der Waals surface area contributed by atoms with Gasteiger partial charge in [-0.3, -0.25) is 4.79 Å². The van der Waals surface area contributed by atoms with Crippen LogP contribution in [-0.2, 0) is 0 Å². The van der Waals surface area contributed by atoms with Crippen LogP contribution in [0.4, 0.5) is 0 Å². The average Bonchev–Trinajstić information content (AvgIpc) is 2.65. The topological polar surface area (TPSA) is 47.8 Å². The molecule has 0 aliphatic carbocycles. The van der Waals surface area contributed by atoms with Gasteiger partial charge in [-0.2, -0.15) is 5.10 Å². The van der Waals surface area contributed by atoms with Gasteiger partial charge in [-0.05, 0) is 19.1 Å². The quantitative estimate of drug-likeness (QED) is 0.730. The minimum absolute atomic E-state index is 0.00690. The van der Waals surface area contributed by atoms with E-state index in [1.807, 2.05) is 0 Å². The predicted octanol–water partition coefficient (Wildman–Crippen LogP) is 2.12. The third-order valence-corrected chi connectivity index (χ3v) is 2.14. The van der Waals surface area contributed by atoms with E-state index < -0.39 is 0 Å². The summed E-state index contributed by atoms with van der Waals surface area (Å²) in [5.74, 6) is 0.624. The Kier molecular flexibility index (Phi) is 2.51. The summed E-state index contributed by atoms with van der Waals surface area (Å²) in [4.78, 5) is 15.1. The highest BCUT2D eigenvalue weighted by atomic mass is 35.5. The molecular formula is C10H8ClN3O. The van der Waals surface area contributed by atoms with Crippen LogP contribution in [0.5, 0.6) is 0 Å². The molecule has 5 heteroatoms. The number of Topliss-reactive ketones (excluding diaryl/α,β-unsaturated/α-hetero) is 1. The second-order valence-electron chi connectivity index (χ2n) is 3.06. The van der Waals surface area contributed by atoms with Gasteiger partial charge in [-0.1, -0.05) is 11.6 Å². The Bertz CT molecular complexity index is 490. The average molecular weight is 222 g/mol. The van der Waals surface area contributed by atoms with Gasteiger partial charge in [0.2, 0.25) is 0 Å². The number of carbonyl (C=O) groups excluding carboxylic acids is 1. The molecule has 2 rings (SSSR count). The molecule has 0 fully saturated rings. The number of pyridine rings is 1. The molecule has 0 spiro atoms. The van der Waals surface area contributed by atoms with E-state index >= 15 is 0 Å². The largest absolute Gasteiger partial charge is 0.294 e. The van der Waals surface area contributed by atoms with Gasteiger partial charge >= 0.3 is 0 Å². The van der Waals surface area contributed by atoms with Crippen LogP contribution in [0.25, 0.3) is 5.82 Å². The van der Waals surface area contributed by atoms with E-state index in [4.69, 9.17) is 11.6 Å². The molecule has 0 atom stereocenters. The fraction of sp³-hybridized carbons (Fsp3) is 0.100. The molecule has 0 saturated heterocycles. The number of aromatic nitrogens is 3. The van der Waals surface area contributed by atoms with Crippen molar-refractivity contribution in [2.24, 2.45) is 0 Å². The standard InChI is InChI=1S/C10H8ClN3O/c1-7(15)8-2-3-10(12-4-8)14-6-9(11)5-13-14/h2-6H,1H3. The highest BCUT2D eigenvalue weighted by molar-refractivity contribution is 6.30. The van der Waals surface area contributed by atoms with Crippen molar-refractivity contribution in [3.8, 4) is 5.82 Å². The zero-order valence-electron chi connectivity index (χ0n) is 8.01. The van der Waals surface area contributed by atoms with Gasteiger partial charge in [0.15, 0.2) is 11.6 Å². The Hall–Kier alpha value is -1.68. The first-order chi connectivity index (χ1) is 7.16. The van der Waals surface area contributed by atoms with Crippen molar-refractivity contribution in [2.75, 3.05) is 0 Å². The van der Waals surface area contributed by atoms with Crippen molar-refractivity contribution in [3.05, 3.63) is 41.3 Å². The lowest BCUT2D eigenvalue weighted by molar-refractivity contribution is 0.101. The van der Waals surface area contributed by atoms with Gasteiger partial charge in [-0.15, -0.1) is 0 Å². The molecule has 0 radical (unpaired) electrons. The van der Waals surface area contributed by atoms with E-state index in [1.165, 1.54) is 19.3 Å². The van der Waals surface area contributed by atoms with Crippen molar-refractivity contribution in [2.45, 2.75) is 6.92 Å². The Morgan fingerprint density at radius 1 is 1.40 bits per heavy atom. The monoisotopic (exact) mass is 221 g/mol. The highest BCUT2D eigenvalue weighted by Crippen LogP contribution is 2.10. The maximum Gasteiger partial charge on any atom is 0.161 e. The van der Waals surface area contributed by atoms with Crippen LogP contribution >= 0.6 is 11.6 Å². The van der Waals surface area contributed by atoms with Crippen molar-refractivity contribution in [1.29, 1.82) is 0 Å². The van der Waals surface area contributed by atoms with Crippen molar-refractivity contribution >= 4 is 17.4 Å². The van der Waals surface area contributed by atoms with Gasteiger partial charge in [-0.25, -0.2) is 9.67 Å². The normalized spacial score (nSPS) is 10.3. The summed E-state index contributed by atoms with van der Waals surface area (Å²) >= 11 is 5.73. The van der Waals surface area contributed by atoms with E-state index in [1.54, 1.807) is 23.0 Å². The molecule has 0 bridgehead atoms. The van der Waals surface area contributed by atoms with Crippen LogP contribution in [0.15, 0.2) is 30.7 Å². The second-order valence-corrected chi connectivity index (χ2v) is 3.50. The smallest absolute Gasteiger partial charge is 0.161 e. The van der Waals surface area contributed by atoms with Gasteiger partial charge in [0.25, 0.3) is 0 Å². The SMILES string of the molecule is CC(=O)c1ccc(-n2cc(Cl)cn2)nc1. The maximum absolute atomic E-state index is 11.0. The van der Waals surface area contributed by atoms with Crippen molar-refractivity contribution < 1.29 is 4.79 Å². The summed E-state index contributed by atoms with van der Waals surface area (Å²) in [6.45, 7) is 1.50. The molecule has 2 aromatic rings. The second kappa shape index (κ2) is 3.82. The van der Waals surface area contributed by atoms with Crippen molar-refractivity contribution in [3.63, 3.8) is 0 Å².